The van der Waals surface area contributed by atoms with Crippen LogP contribution >= 0.6 is 11.6 Å². The van der Waals surface area contributed by atoms with E-state index in [2.05, 4.69) is 5.28 Å². The second-order valence-electron chi connectivity index (χ2n) is 8.13. The van der Waals surface area contributed by atoms with Crippen molar-refractivity contribution in [1.29, 1.82) is 0 Å². The van der Waals surface area contributed by atoms with E-state index in [1.165, 1.54) is 18.9 Å². The predicted octanol–water partition coefficient (Wildman–Crippen LogP) is 3.49. The molecule has 0 unspecified atom stereocenters. The molecule has 3 rings (SSSR count). The lowest BCUT2D eigenvalue weighted by atomic mass is 10.0. The minimum Gasteiger partial charge on any atom is -0.569 e. The van der Waals surface area contributed by atoms with Gasteiger partial charge in [-0.2, -0.15) is 0 Å². The lowest BCUT2D eigenvalue weighted by Gasteiger charge is -2.24. The SMILES string of the molecule is CC(C)(Oc1ccc(C(=O)c2ccc(Cl)cc2)cc1)C(=O)OCO/N=[N+](/[O-])N1CCC[C@H]1CO. The fourth-order valence-electron chi connectivity index (χ4n) is 3.38. The van der Waals surface area contributed by atoms with E-state index in [1.807, 2.05) is 0 Å². The number of carbonyl (C=O) groups excluding carboxylic acids is 2. The zero-order chi connectivity index (χ0) is 24.7. The number of hydrazine groups is 1. The smallest absolute Gasteiger partial charge is 0.352 e. The van der Waals surface area contributed by atoms with Gasteiger partial charge < -0.3 is 24.6 Å². The zero-order valence-corrected chi connectivity index (χ0v) is 19.6. The molecule has 2 aromatic carbocycles. The number of hydrogen-bond donors (Lipinski definition) is 1. The quantitative estimate of drug-likeness (QED) is 0.102. The molecule has 0 bridgehead atoms. The lowest BCUT2D eigenvalue weighted by Crippen LogP contribution is -2.40. The first kappa shape index (κ1) is 25.3. The van der Waals surface area contributed by atoms with E-state index >= 15 is 0 Å². The highest BCUT2D eigenvalue weighted by Gasteiger charge is 2.33. The van der Waals surface area contributed by atoms with Crippen LogP contribution in [0.2, 0.25) is 5.02 Å². The second-order valence-corrected chi connectivity index (χ2v) is 8.56. The third-order valence-corrected chi connectivity index (χ3v) is 5.49. The molecule has 0 spiro atoms. The predicted molar refractivity (Wildman–Crippen MR) is 121 cm³/mol. The Balaban J connectivity index is 1.50. The number of nitrogens with zero attached hydrogens (tertiary/aromatic N) is 3. The van der Waals surface area contributed by atoms with Crippen molar-refractivity contribution < 1.29 is 34.0 Å². The summed E-state index contributed by atoms with van der Waals surface area (Å²) in [5, 5.41) is 26.4. The maximum absolute atomic E-state index is 12.6. The highest BCUT2D eigenvalue weighted by atomic mass is 35.5. The van der Waals surface area contributed by atoms with Crippen LogP contribution in [0.15, 0.2) is 53.8 Å². The number of benzene rings is 2. The normalized spacial score (nSPS) is 16.3. The first-order valence-corrected chi connectivity index (χ1v) is 11.0. The fraction of sp³-hybridized carbons (Fsp3) is 0.391. The maximum atomic E-state index is 12.6. The number of ether oxygens (including phenoxy) is 2. The van der Waals surface area contributed by atoms with Crippen LogP contribution in [0.3, 0.4) is 0 Å². The van der Waals surface area contributed by atoms with E-state index in [-0.39, 0.29) is 23.4 Å². The molecule has 182 valence electrons. The number of halogens is 1. The lowest BCUT2D eigenvalue weighted by molar-refractivity contribution is -0.715. The summed E-state index contributed by atoms with van der Waals surface area (Å²) in [6.45, 7) is 2.72. The first-order chi connectivity index (χ1) is 16.2. The molecule has 0 aliphatic carbocycles. The van der Waals surface area contributed by atoms with Crippen LogP contribution < -0.4 is 4.74 Å². The van der Waals surface area contributed by atoms with E-state index < -0.39 is 18.4 Å². The van der Waals surface area contributed by atoms with Gasteiger partial charge in [-0.25, -0.2) is 4.79 Å². The van der Waals surface area contributed by atoms with E-state index in [0.717, 1.165) is 6.42 Å². The molecule has 1 heterocycles. The third kappa shape index (κ3) is 6.36. The summed E-state index contributed by atoms with van der Waals surface area (Å²) < 4.78 is 10.7. The Bertz CT molecular complexity index is 1030. The summed E-state index contributed by atoms with van der Waals surface area (Å²) in [6.07, 6.45) is 1.44. The summed E-state index contributed by atoms with van der Waals surface area (Å²) in [4.78, 5) is 30.0. The highest BCUT2D eigenvalue weighted by molar-refractivity contribution is 6.30. The van der Waals surface area contributed by atoms with Gasteiger partial charge in [-0.15, -0.1) is 5.01 Å². The van der Waals surface area contributed by atoms with Crippen molar-refractivity contribution in [2.45, 2.75) is 38.3 Å². The van der Waals surface area contributed by atoms with Gasteiger partial charge >= 0.3 is 5.97 Å². The zero-order valence-electron chi connectivity index (χ0n) is 18.8. The minimum atomic E-state index is -1.38. The van der Waals surface area contributed by atoms with E-state index in [1.54, 1.807) is 48.5 Å². The van der Waals surface area contributed by atoms with Crippen molar-refractivity contribution in [2.75, 3.05) is 19.9 Å². The molecule has 0 saturated carbocycles. The number of hydrogen-bond acceptors (Lipinski definition) is 8. The van der Waals surface area contributed by atoms with E-state index in [4.69, 9.17) is 25.9 Å². The Morgan fingerprint density at radius 1 is 1.18 bits per heavy atom. The Morgan fingerprint density at radius 3 is 2.41 bits per heavy atom. The van der Waals surface area contributed by atoms with Gasteiger partial charge in [0.15, 0.2) is 11.4 Å². The molecule has 1 saturated heterocycles. The van der Waals surface area contributed by atoms with Gasteiger partial charge in [0.1, 0.15) is 11.8 Å². The average molecular weight is 492 g/mol. The van der Waals surface area contributed by atoms with Gasteiger partial charge in [0, 0.05) is 16.1 Å². The molecule has 0 aromatic heterocycles. The molecule has 10 nitrogen and oxygen atoms in total. The molecule has 1 aliphatic heterocycles. The van der Waals surface area contributed by atoms with Crippen LogP contribution in [0.4, 0.5) is 0 Å². The van der Waals surface area contributed by atoms with Gasteiger partial charge in [0.25, 0.3) is 6.79 Å². The summed E-state index contributed by atoms with van der Waals surface area (Å²) in [5.74, 6) is -0.555. The van der Waals surface area contributed by atoms with Gasteiger partial charge in [0.05, 0.1) is 18.1 Å². The summed E-state index contributed by atoms with van der Waals surface area (Å²) in [6, 6.07) is 12.6. The highest BCUT2D eigenvalue weighted by Crippen LogP contribution is 2.22. The average Bonchev–Trinajstić information content (AvgIpc) is 3.31. The molecule has 1 N–H and O–H groups in total. The Labute approximate surface area is 201 Å². The van der Waals surface area contributed by atoms with Crippen molar-refractivity contribution in [3.63, 3.8) is 0 Å². The second kappa shape index (κ2) is 11.2. The fourth-order valence-corrected chi connectivity index (χ4v) is 3.51. The largest absolute Gasteiger partial charge is 0.569 e. The Kier molecular flexibility index (Phi) is 8.30. The number of rotatable bonds is 10. The van der Waals surface area contributed by atoms with Gasteiger partial charge in [-0.3, -0.25) is 4.79 Å². The minimum absolute atomic E-state index is 0.162. The van der Waals surface area contributed by atoms with Crippen molar-refractivity contribution in [3.05, 3.63) is 69.9 Å². The van der Waals surface area contributed by atoms with Crippen LogP contribution in [0.5, 0.6) is 5.75 Å². The molecular weight excluding hydrogens is 466 g/mol. The van der Waals surface area contributed by atoms with Crippen LogP contribution in [0.25, 0.3) is 0 Å². The monoisotopic (exact) mass is 491 g/mol. The number of carbonyl (C=O) groups is 2. The number of ketones is 1. The van der Waals surface area contributed by atoms with Crippen molar-refractivity contribution in [3.8, 4) is 5.75 Å². The summed E-state index contributed by atoms with van der Waals surface area (Å²) in [5.41, 5.74) is -0.423. The number of aliphatic hydroxyl groups excluding tert-OH is 1. The number of esters is 1. The molecule has 0 amide bonds. The van der Waals surface area contributed by atoms with Gasteiger partial charge in [0.2, 0.25) is 5.28 Å². The molecule has 1 aliphatic rings. The molecule has 1 fully saturated rings. The Hall–Kier alpha value is -3.37. The Morgan fingerprint density at radius 2 is 1.79 bits per heavy atom. The molecule has 11 heteroatoms. The molecule has 2 aromatic rings. The van der Waals surface area contributed by atoms with Crippen molar-refractivity contribution in [2.24, 2.45) is 5.28 Å². The molecule has 34 heavy (non-hydrogen) atoms. The summed E-state index contributed by atoms with van der Waals surface area (Å²) in [7, 11) is 0. The van der Waals surface area contributed by atoms with Crippen molar-refractivity contribution in [1.82, 2.24) is 5.01 Å². The first-order valence-electron chi connectivity index (χ1n) is 10.7. The van der Waals surface area contributed by atoms with E-state index in [9.17, 15) is 19.9 Å². The maximum Gasteiger partial charge on any atom is 0.352 e. The molecular formula is C23H26ClN3O7. The molecule has 0 radical (unpaired) electrons. The van der Waals surface area contributed by atoms with Crippen LogP contribution in [-0.4, -0.2) is 58.4 Å². The standard InChI is InChI=1S/C23H26ClN3O7/c1-23(2,22(30)32-15-33-25-27(31)26-13-3-4-19(26)14-28)34-20-11-7-17(8-12-20)21(29)16-5-9-18(24)10-6-16/h5-12,19,28H,3-4,13-15H2,1-2H3/b27-25+/t19-/m0/s1. The molecule has 1 atom stereocenters. The van der Waals surface area contributed by atoms with Gasteiger partial charge in [-0.05, 0) is 75.2 Å². The van der Waals surface area contributed by atoms with Crippen LogP contribution in [0, 0.1) is 5.21 Å². The summed E-state index contributed by atoms with van der Waals surface area (Å²) >= 11 is 5.86. The van der Waals surface area contributed by atoms with Crippen molar-refractivity contribution >= 4 is 23.4 Å². The van der Waals surface area contributed by atoms with Crippen LogP contribution in [0.1, 0.15) is 42.6 Å². The van der Waals surface area contributed by atoms with Gasteiger partial charge in [-0.1, -0.05) is 11.6 Å². The third-order valence-electron chi connectivity index (χ3n) is 5.23. The number of aliphatic hydroxyl groups is 1. The van der Waals surface area contributed by atoms with Crippen LogP contribution in [-0.2, 0) is 14.4 Å². The van der Waals surface area contributed by atoms with E-state index in [0.29, 0.717) is 34.9 Å². The topological polar surface area (TPSA) is 124 Å².